The Labute approximate surface area is 152 Å². The first kappa shape index (κ1) is 17.9. The molecule has 0 saturated carbocycles. The molecule has 2 amide bonds. The van der Waals surface area contributed by atoms with Gasteiger partial charge in [-0.1, -0.05) is 0 Å². The zero-order valence-electron chi connectivity index (χ0n) is 15.0. The molecule has 1 unspecified atom stereocenters. The number of carbonyl (C=O) groups excluding carboxylic acids is 2. The van der Waals surface area contributed by atoms with Crippen molar-refractivity contribution in [3.63, 3.8) is 0 Å². The third kappa shape index (κ3) is 4.19. The first-order chi connectivity index (χ1) is 12.5. The number of aromatic nitrogens is 4. The molecule has 0 aliphatic carbocycles. The van der Waals surface area contributed by atoms with Gasteiger partial charge in [-0.05, 0) is 33.1 Å². The molecule has 0 bridgehead atoms. The Kier molecular flexibility index (Phi) is 5.50. The van der Waals surface area contributed by atoms with Gasteiger partial charge in [0.15, 0.2) is 0 Å². The van der Waals surface area contributed by atoms with Crippen LogP contribution in [-0.2, 0) is 0 Å². The second-order valence-corrected chi connectivity index (χ2v) is 6.40. The number of nitrogens with one attached hydrogen (secondary N) is 1. The number of hydrogen-bond acceptors (Lipinski definition) is 6. The fraction of sp³-hybridized carbons (Fsp3) is 0.444. The summed E-state index contributed by atoms with van der Waals surface area (Å²) in [7, 11) is 0. The Balaban J connectivity index is 1.61. The fourth-order valence-corrected chi connectivity index (χ4v) is 3.08. The van der Waals surface area contributed by atoms with Gasteiger partial charge in [0.25, 0.3) is 11.8 Å². The minimum Gasteiger partial charge on any atom is -0.348 e. The van der Waals surface area contributed by atoms with Crippen molar-refractivity contribution in [3.8, 4) is 0 Å². The number of carbonyl (C=O) groups is 2. The smallest absolute Gasteiger partial charge is 0.271 e. The lowest BCUT2D eigenvalue weighted by Crippen LogP contribution is -2.37. The van der Waals surface area contributed by atoms with Crippen molar-refractivity contribution < 1.29 is 9.59 Å². The lowest BCUT2D eigenvalue weighted by atomic mass is 10.1. The van der Waals surface area contributed by atoms with Crippen LogP contribution in [0, 0.1) is 13.8 Å². The van der Waals surface area contributed by atoms with Crippen LogP contribution in [0.5, 0.6) is 0 Å². The van der Waals surface area contributed by atoms with Gasteiger partial charge in [0.1, 0.15) is 11.5 Å². The highest BCUT2D eigenvalue weighted by Crippen LogP contribution is 2.15. The van der Waals surface area contributed by atoms with Gasteiger partial charge in [0.2, 0.25) is 0 Å². The molecule has 1 fully saturated rings. The number of rotatable bonds is 3. The molecule has 1 atom stereocenters. The van der Waals surface area contributed by atoms with Crippen molar-refractivity contribution in [2.24, 2.45) is 0 Å². The first-order valence-corrected chi connectivity index (χ1v) is 8.71. The van der Waals surface area contributed by atoms with E-state index in [2.05, 4.69) is 25.3 Å². The molecule has 136 valence electrons. The van der Waals surface area contributed by atoms with E-state index >= 15 is 0 Å². The van der Waals surface area contributed by atoms with Gasteiger partial charge < -0.3 is 10.2 Å². The summed E-state index contributed by atoms with van der Waals surface area (Å²) in [5.74, 6) is 0.371. The molecular weight excluding hydrogens is 332 g/mol. The predicted octanol–water partition coefficient (Wildman–Crippen LogP) is 1.31. The summed E-state index contributed by atoms with van der Waals surface area (Å²) in [4.78, 5) is 43.2. The Bertz CT molecular complexity index is 796. The Morgan fingerprint density at radius 2 is 1.96 bits per heavy atom. The third-order valence-corrected chi connectivity index (χ3v) is 4.48. The highest BCUT2D eigenvalue weighted by Gasteiger charge is 2.24. The molecular formula is C18H22N6O2. The predicted molar refractivity (Wildman–Crippen MR) is 94.5 cm³/mol. The zero-order chi connectivity index (χ0) is 18.5. The summed E-state index contributed by atoms with van der Waals surface area (Å²) in [5, 5.41) is 2.99. The van der Waals surface area contributed by atoms with Crippen LogP contribution in [-0.4, -0.2) is 55.8 Å². The molecule has 1 aliphatic heterocycles. The molecule has 8 heteroatoms. The summed E-state index contributed by atoms with van der Waals surface area (Å²) in [6, 6.07) is 0.0117. The number of likely N-dealkylation sites (tertiary alicyclic amines) is 1. The average molecular weight is 354 g/mol. The molecule has 1 saturated heterocycles. The lowest BCUT2D eigenvalue weighted by molar-refractivity contribution is 0.0759. The standard InChI is InChI=1S/C18H22N6O2/c1-12-15(10-21-13(2)22-12)18(26)24-8-3-4-14(5-9-24)23-17(25)16-11-19-6-7-20-16/h6-7,10-11,14H,3-5,8-9H2,1-2H3,(H,23,25). The molecule has 0 spiro atoms. The van der Waals surface area contributed by atoms with Crippen molar-refractivity contribution in [2.75, 3.05) is 13.1 Å². The molecule has 0 radical (unpaired) electrons. The van der Waals surface area contributed by atoms with Gasteiger partial charge in [-0.15, -0.1) is 0 Å². The maximum atomic E-state index is 12.8. The highest BCUT2D eigenvalue weighted by atomic mass is 16.2. The van der Waals surface area contributed by atoms with Crippen molar-refractivity contribution in [1.29, 1.82) is 0 Å². The second-order valence-electron chi connectivity index (χ2n) is 6.40. The van der Waals surface area contributed by atoms with E-state index in [1.54, 1.807) is 13.1 Å². The summed E-state index contributed by atoms with van der Waals surface area (Å²) in [6.07, 6.45) is 8.41. The van der Waals surface area contributed by atoms with Gasteiger partial charge in [-0.2, -0.15) is 0 Å². The highest BCUT2D eigenvalue weighted by molar-refractivity contribution is 5.95. The van der Waals surface area contributed by atoms with E-state index in [9.17, 15) is 9.59 Å². The summed E-state index contributed by atoms with van der Waals surface area (Å²) >= 11 is 0. The van der Waals surface area contributed by atoms with Crippen LogP contribution < -0.4 is 5.32 Å². The molecule has 1 aliphatic rings. The topological polar surface area (TPSA) is 101 Å². The zero-order valence-corrected chi connectivity index (χ0v) is 15.0. The molecule has 26 heavy (non-hydrogen) atoms. The van der Waals surface area contributed by atoms with Crippen molar-refractivity contribution in [1.82, 2.24) is 30.2 Å². The van der Waals surface area contributed by atoms with E-state index in [-0.39, 0.29) is 17.9 Å². The fourth-order valence-electron chi connectivity index (χ4n) is 3.08. The number of hydrogen-bond donors (Lipinski definition) is 1. The normalized spacial score (nSPS) is 17.5. The van der Waals surface area contributed by atoms with Crippen molar-refractivity contribution in [3.05, 3.63) is 47.6 Å². The van der Waals surface area contributed by atoms with E-state index in [4.69, 9.17) is 0 Å². The van der Waals surface area contributed by atoms with Gasteiger partial charge >= 0.3 is 0 Å². The van der Waals surface area contributed by atoms with E-state index in [0.717, 1.165) is 12.8 Å². The third-order valence-electron chi connectivity index (χ3n) is 4.48. The summed E-state index contributed by atoms with van der Waals surface area (Å²) in [6.45, 7) is 4.86. The van der Waals surface area contributed by atoms with Crippen LogP contribution in [0.1, 0.15) is 51.6 Å². The van der Waals surface area contributed by atoms with E-state index in [1.165, 1.54) is 18.6 Å². The minimum absolute atomic E-state index is 0.0117. The van der Waals surface area contributed by atoms with Crippen LogP contribution in [0.4, 0.5) is 0 Å². The number of nitrogens with zero attached hydrogens (tertiary/aromatic N) is 5. The maximum Gasteiger partial charge on any atom is 0.271 e. The largest absolute Gasteiger partial charge is 0.348 e. The molecule has 3 heterocycles. The van der Waals surface area contributed by atoms with Gasteiger partial charge in [0.05, 0.1) is 17.5 Å². The van der Waals surface area contributed by atoms with Crippen molar-refractivity contribution >= 4 is 11.8 Å². The van der Waals surface area contributed by atoms with Gasteiger partial charge in [-0.25, -0.2) is 15.0 Å². The molecule has 3 rings (SSSR count). The minimum atomic E-state index is -0.231. The monoisotopic (exact) mass is 354 g/mol. The number of aryl methyl sites for hydroxylation is 2. The van der Waals surface area contributed by atoms with Gasteiger partial charge in [0, 0.05) is 37.7 Å². The van der Waals surface area contributed by atoms with E-state index in [1.807, 2.05) is 11.8 Å². The average Bonchev–Trinajstić information content (AvgIpc) is 2.87. The van der Waals surface area contributed by atoms with Crippen LogP contribution >= 0.6 is 0 Å². The molecule has 1 N–H and O–H groups in total. The molecule has 2 aromatic rings. The Morgan fingerprint density at radius 3 is 2.69 bits per heavy atom. The maximum absolute atomic E-state index is 12.8. The SMILES string of the molecule is Cc1ncc(C(=O)N2CCCC(NC(=O)c3cnccn3)CC2)c(C)n1. The van der Waals surface area contributed by atoms with E-state index in [0.29, 0.717) is 42.3 Å². The van der Waals surface area contributed by atoms with Crippen LogP contribution in [0.25, 0.3) is 0 Å². The van der Waals surface area contributed by atoms with E-state index < -0.39 is 0 Å². The molecule has 0 aromatic carbocycles. The first-order valence-electron chi connectivity index (χ1n) is 8.71. The van der Waals surface area contributed by atoms with Crippen molar-refractivity contribution in [2.45, 2.75) is 39.2 Å². The second kappa shape index (κ2) is 7.99. The molecule has 2 aromatic heterocycles. The Morgan fingerprint density at radius 1 is 1.12 bits per heavy atom. The number of amides is 2. The summed E-state index contributed by atoms with van der Waals surface area (Å²) < 4.78 is 0. The van der Waals surface area contributed by atoms with Crippen LogP contribution in [0.3, 0.4) is 0 Å². The summed E-state index contributed by atoms with van der Waals surface area (Å²) in [5.41, 5.74) is 1.54. The van der Waals surface area contributed by atoms with Crippen LogP contribution in [0.2, 0.25) is 0 Å². The van der Waals surface area contributed by atoms with Gasteiger partial charge in [-0.3, -0.25) is 14.6 Å². The molecule has 8 nitrogen and oxygen atoms in total. The lowest BCUT2D eigenvalue weighted by Gasteiger charge is -2.21. The Hall–Kier alpha value is -2.90. The quantitative estimate of drug-likeness (QED) is 0.892. The van der Waals surface area contributed by atoms with Crippen LogP contribution in [0.15, 0.2) is 24.8 Å².